The van der Waals surface area contributed by atoms with E-state index >= 15 is 0 Å². The van der Waals surface area contributed by atoms with Crippen molar-refractivity contribution in [1.29, 1.82) is 0 Å². The maximum Gasteiger partial charge on any atom is 0.211 e. The molecule has 0 aromatic heterocycles. The summed E-state index contributed by atoms with van der Waals surface area (Å²) >= 11 is 0. The van der Waals surface area contributed by atoms with Crippen LogP contribution in [0.1, 0.15) is 39.2 Å². The third-order valence-corrected chi connectivity index (χ3v) is 1.90. The molecule has 2 N–H and O–H groups in total. The summed E-state index contributed by atoms with van der Waals surface area (Å²) in [6, 6.07) is 5.20. The first kappa shape index (κ1) is 13.5. The zero-order valence-corrected chi connectivity index (χ0v) is 9.74. The van der Waals surface area contributed by atoms with Gasteiger partial charge in [-0.25, -0.2) is 0 Å². The van der Waals surface area contributed by atoms with Crippen LogP contribution >= 0.6 is 0 Å². The molecule has 1 rings (SSSR count). The minimum atomic E-state index is 0.0940. The van der Waals surface area contributed by atoms with E-state index in [1.165, 1.54) is 0 Å². The van der Waals surface area contributed by atoms with Crippen LogP contribution in [0.4, 0.5) is 5.69 Å². The molecule has 84 valence electrons. The number of aromatic hydroxyl groups is 1. The number of carbonyl (C=O) groups excluding carboxylic acids is 1. The van der Waals surface area contributed by atoms with E-state index in [-0.39, 0.29) is 5.75 Å². The number of hydrogen-bond acceptors (Lipinski definition) is 2. The smallest absolute Gasteiger partial charge is 0.211 e. The van der Waals surface area contributed by atoms with Gasteiger partial charge >= 0.3 is 0 Å². The molecule has 1 aromatic rings. The number of phenols is 1. The largest absolute Gasteiger partial charge is 0.506 e. The second-order valence-electron chi connectivity index (χ2n) is 3.19. The highest BCUT2D eigenvalue weighted by Crippen LogP contribution is 2.26. The maximum atomic E-state index is 10.2. The average molecular weight is 209 g/mol. The molecular formula is C12H19NO2. The van der Waals surface area contributed by atoms with Gasteiger partial charge in [0, 0.05) is 0 Å². The fraction of sp³-hybridized carbons (Fsp3) is 0.417. The fourth-order valence-electron chi connectivity index (χ4n) is 1.09. The minimum Gasteiger partial charge on any atom is -0.506 e. The van der Waals surface area contributed by atoms with E-state index in [1.54, 1.807) is 12.1 Å². The van der Waals surface area contributed by atoms with E-state index in [9.17, 15) is 9.90 Å². The molecule has 0 atom stereocenters. The van der Waals surface area contributed by atoms with Crippen LogP contribution in [0.2, 0.25) is 0 Å². The van der Waals surface area contributed by atoms with Crippen LogP contribution in [0.15, 0.2) is 18.2 Å². The molecule has 3 nitrogen and oxygen atoms in total. The van der Waals surface area contributed by atoms with Gasteiger partial charge in [0.05, 0.1) is 5.69 Å². The van der Waals surface area contributed by atoms with E-state index in [1.807, 2.05) is 19.9 Å². The van der Waals surface area contributed by atoms with Crippen molar-refractivity contribution in [1.82, 2.24) is 0 Å². The lowest BCUT2D eigenvalue weighted by molar-refractivity contribution is -0.105. The monoisotopic (exact) mass is 209 g/mol. The van der Waals surface area contributed by atoms with Crippen molar-refractivity contribution >= 4 is 12.1 Å². The molecule has 0 aliphatic carbocycles. The topological polar surface area (TPSA) is 49.3 Å². The van der Waals surface area contributed by atoms with Crippen molar-refractivity contribution in [3.05, 3.63) is 23.8 Å². The molecule has 0 radical (unpaired) electrons. The van der Waals surface area contributed by atoms with Gasteiger partial charge in [-0.3, -0.25) is 4.79 Å². The number of amides is 1. The summed E-state index contributed by atoms with van der Waals surface area (Å²) in [5.74, 6) is 0.476. The van der Waals surface area contributed by atoms with Crippen LogP contribution in [0.3, 0.4) is 0 Å². The van der Waals surface area contributed by atoms with E-state index in [0.717, 1.165) is 5.56 Å². The number of rotatable bonds is 3. The van der Waals surface area contributed by atoms with Gasteiger partial charge < -0.3 is 10.4 Å². The Hall–Kier alpha value is -1.51. The summed E-state index contributed by atoms with van der Waals surface area (Å²) in [7, 11) is 0. The van der Waals surface area contributed by atoms with E-state index in [0.29, 0.717) is 18.0 Å². The van der Waals surface area contributed by atoms with Crippen LogP contribution in [0.5, 0.6) is 5.75 Å². The molecule has 1 amide bonds. The second-order valence-corrected chi connectivity index (χ2v) is 3.19. The number of nitrogens with one attached hydrogen (secondary N) is 1. The first-order chi connectivity index (χ1) is 7.15. The van der Waals surface area contributed by atoms with Crippen LogP contribution in [-0.2, 0) is 4.79 Å². The van der Waals surface area contributed by atoms with Crippen LogP contribution in [0.25, 0.3) is 0 Å². The maximum absolute atomic E-state index is 10.2. The zero-order valence-electron chi connectivity index (χ0n) is 9.74. The normalized spacial score (nSPS) is 9.13. The number of carbonyl (C=O) groups is 1. The molecule has 3 heteroatoms. The summed E-state index contributed by atoms with van der Waals surface area (Å²) in [5, 5.41) is 11.8. The lowest BCUT2D eigenvalue weighted by Gasteiger charge is -2.08. The summed E-state index contributed by atoms with van der Waals surface area (Å²) in [4.78, 5) is 10.2. The zero-order chi connectivity index (χ0) is 11.8. The van der Waals surface area contributed by atoms with Gasteiger partial charge in [-0.15, -0.1) is 0 Å². The van der Waals surface area contributed by atoms with Crippen molar-refractivity contribution in [2.45, 2.75) is 33.6 Å². The molecule has 0 bridgehead atoms. The number of hydrogen-bond donors (Lipinski definition) is 2. The van der Waals surface area contributed by atoms with Gasteiger partial charge in [0.15, 0.2) is 0 Å². The molecule has 0 aliphatic rings. The molecular weight excluding hydrogens is 190 g/mol. The standard InChI is InChI=1S/C10H13NO2.C2H6/c1-7(2)8-3-4-10(13)9(5-8)11-6-12;1-2/h3-7,13H,1-2H3,(H,11,12);1-2H3. The van der Waals surface area contributed by atoms with Crippen molar-refractivity contribution < 1.29 is 9.90 Å². The van der Waals surface area contributed by atoms with Gasteiger partial charge in [-0.2, -0.15) is 0 Å². The lowest BCUT2D eigenvalue weighted by Crippen LogP contribution is -1.96. The average Bonchev–Trinajstić information content (AvgIpc) is 2.24. The Morgan fingerprint density at radius 3 is 2.40 bits per heavy atom. The van der Waals surface area contributed by atoms with Gasteiger partial charge in [-0.05, 0) is 23.6 Å². The molecule has 15 heavy (non-hydrogen) atoms. The molecule has 0 aliphatic heterocycles. The number of benzene rings is 1. The van der Waals surface area contributed by atoms with E-state index in [2.05, 4.69) is 19.2 Å². The van der Waals surface area contributed by atoms with Gasteiger partial charge in [0.2, 0.25) is 6.41 Å². The number of anilines is 1. The lowest BCUT2D eigenvalue weighted by atomic mass is 10.0. The van der Waals surface area contributed by atoms with Gasteiger partial charge in [0.25, 0.3) is 0 Å². The minimum absolute atomic E-state index is 0.0940. The van der Waals surface area contributed by atoms with Crippen molar-refractivity contribution in [3.8, 4) is 5.75 Å². The van der Waals surface area contributed by atoms with E-state index < -0.39 is 0 Å². The predicted molar refractivity (Wildman–Crippen MR) is 63.2 cm³/mol. The Morgan fingerprint density at radius 2 is 1.93 bits per heavy atom. The second kappa shape index (κ2) is 6.87. The Balaban J connectivity index is 0.000000921. The fourth-order valence-corrected chi connectivity index (χ4v) is 1.09. The third kappa shape index (κ3) is 4.02. The molecule has 1 aromatic carbocycles. The summed E-state index contributed by atoms with van der Waals surface area (Å²) in [6.07, 6.45) is 0.555. The first-order valence-corrected chi connectivity index (χ1v) is 5.18. The van der Waals surface area contributed by atoms with Crippen molar-refractivity contribution in [2.75, 3.05) is 5.32 Å². The summed E-state index contributed by atoms with van der Waals surface area (Å²) in [5.41, 5.74) is 1.54. The van der Waals surface area contributed by atoms with E-state index in [4.69, 9.17) is 0 Å². The van der Waals surface area contributed by atoms with Gasteiger partial charge in [0.1, 0.15) is 5.75 Å². The van der Waals surface area contributed by atoms with Crippen molar-refractivity contribution in [2.24, 2.45) is 0 Å². The van der Waals surface area contributed by atoms with Gasteiger partial charge in [-0.1, -0.05) is 33.8 Å². The first-order valence-electron chi connectivity index (χ1n) is 5.18. The number of phenolic OH excluding ortho intramolecular Hbond substituents is 1. The van der Waals surface area contributed by atoms with Crippen LogP contribution in [-0.4, -0.2) is 11.5 Å². The molecule has 0 heterocycles. The van der Waals surface area contributed by atoms with Crippen LogP contribution < -0.4 is 5.32 Å². The third-order valence-electron chi connectivity index (χ3n) is 1.90. The predicted octanol–water partition coefficient (Wildman–Crippen LogP) is 3.11. The Kier molecular flexibility index (Phi) is 6.18. The Morgan fingerprint density at radius 1 is 1.33 bits per heavy atom. The Labute approximate surface area is 91.1 Å². The molecule has 0 saturated heterocycles. The molecule has 0 unspecified atom stereocenters. The summed E-state index contributed by atoms with van der Waals surface area (Å²) < 4.78 is 0. The summed E-state index contributed by atoms with van der Waals surface area (Å²) in [6.45, 7) is 8.11. The van der Waals surface area contributed by atoms with Crippen LogP contribution in [0, 0.1) is 0 Å². The van der Waals surface area contributed by atoms with Crippen molar-refractivity contribution in [3.63, 3.8) is 0 Å². The highest BCUT2D eigenvalue weighted by molar-refractivity contribution is 5.75. The molecule has 0 saturated carbocycles. The highest BCUT2D eigenvalue weighted by Gasteiger charge is 2.04. The quantitative estimate of drug-likeness (QED) is 0.593. The molecule has 0 spiro atoms. The molecule has 0 fully saturated rings. The SMILES string of the molecule is CC.CC(C)c1ccc(O)c(NC=O)c1. The Bertz CT molecular complexity index is 308. The highest BCUT2D eigenvalue weighted by atomic mass is 16.3.